The summed E-state index contributed by atoms with van der Waals surface area (Å²) in [5, 5.41) is 3.54. The molecule has 0 heterocycles. The van der Waals surface area contributed by atoms with Crippen molar-refractivity contribution in [2.75, 3.05) is 14.2 Å². The molecule has 1 aliphatic carbocycles. The monoisotopic (exact) mass is 325 g/mol. The Bertz CT molecular complexity index is 427. The standard InChI is InChI=1S/C16H24BrNO/c1-16(8-4-5-9-16)15(18-2)11-12-10-13(19-3)6-7-14(12)17/h6-7,10,15,18H,4-5,8-9,11H2,1-3H3. The SMILES string of the molecule is CNC(Cc1cc(OC)ccc1Br)C1(C)CCCC1. The van der Waals surface area contributed by atoms with Crippen LogP contribution in [0.5, 0.6) is 5.75 Å². The second kappa shape index (κ2) is 6.27. The summed E-state index contributed by atoms with van der Waals surface area (Å²) in [7, 11) is 3.81. The van der Waals surface area contributed by atoms with Crippen LogP contribution in [0.4, 0.5) is 0 Å². The minimum Gasteiger partial charge on any atom is -0.497 e. The predicted octanol–water partition coefficient (Wildman–Crippen LogP) is 4.17. The molecule has 0 radical (unpaired) electrons. The maximum Gasteiger partial charge on any atom is 0.119 e. The first-order valence-corrected chi connectivity index (χ1v) is 7.88. The van der Waals surface area contributed by atoms with Crippen LogP contribution in [0, 0.1) is 5.41 Å². The number of ether oxygens (including phenoxy) is 1. The van der Waals surface area contributed by atoms with Gasteiger partial charge in [-0.1, -0.05) is 35.7 Å². The van der Waals surface area contributed by atoms with Gasteiger partial charge in [-0.3, -0.25) is 0 Å². The van der Waals surface area contributed by atoms with Crippen molar-refractivity contribution in [2.45, 2.75) is 45.1 Å². The lowest BCUT2D eigenvalue weighted by molar-refractivity contribution is 0.229. The molecule has 1 aliphatic rings. The number of nitrogens with one attached hydrogen (secondary N) is 1. The number of hydrogen-bond donors (Lipinski definition) is 1. The number of halogens is 1. The van der Waals surface area contributed by atoms with Crippen LogP contribution in [-0.4, -0.2) is 20.2 Å². The quantitative estimate of drug-likeness (QED) is 0.877. The van der Waals surface area contributed by atoms with Gasteiger partial charge in [0.15, 0.2) is 0 Å². The minimum absolute atomic E-state index is 0.428. The maximum absolute atomic E-state index is 5.33. The Morgan fingerprint density at radius 1 is 1.37 bits per heavy atom. The van der Waals surface area contributed by atoms with E-state index in [2.05, 4.69) is 47.4 Å². The molecular weight excluding hydrogens is 302 g/mol. The summed E-state index contributed by atoms with van der Waals surface area (Å²) in [5.74, 6) is 0.935. The average Bonchev–Trinajstić information content (AvgIpc) is 2.85. The van der Waals surface area contributed by atoms with Crippen molar-refractivity contribution >= 4 is 15.9 Å². The zero-order valence-corrected chi connectivity index (χ0v) is 13.7. The fraction of sp³-hybridized carbons (Fsp3) is 0.625. The summed E-state index contributed by atoms with van der Waals surface area (Å²) in [4.78, 5) is 0. The Balaban J connectivity index is 2.18. The molecule has 1 atom stereocenters. The highest BCUT2D eigenvalue weighted by molar-refractivity contribution is 9.10. The van der Waals surface area contributed by atoms with E-state index < -0.39 is 0 Å². The third-order valence-electron chi connectivity index (χ3n) is 4.61. The largest absolute Gasteiger partial charge is 0.497 e. The smallest absolute Gasteiger partial charge is 0.119 e. The second-order valence-corrected chi connectivity index (χ2v) is 6.72. The third-order valence-corrected chi connectivity index (χ3v) is 5.39. The van der Waals surface area contributed by atoms with Crippen LogP contribution in [0.15, 0.2) is 22.7 Å². The van der Waals surface area contributed by atoms with Crippen LogP contribution in [0.3, 0.4) is 0 Å². The third kappa shape index (κ3) is 3.32. The highest BCUT2D eigenvalue weighted by atomic mass is 79.9. The van der Waals surface area contributed by atoms with Crippen molar-refractivity contribution in [2.24, 2.45) is 5.41 Å². The van der Waals surface area contributed by atoms with Gasteiger partial charge in [0.2, 0.25) is 0 Å². The molecule has 2 rings (SSSR count). The van der Waals surface area contributed by atoms with Gasteiger partial charge in [-0.2, -0.15) is 0 Å². The van der Waals surface area contributed by atoms with Crippen LogP contribution in [0.25, 0.3) is 0 Å². The molecule has 106 valence electrons. The average molecular weight is 326 g/mol. The van der Waals surface area contributed by atoms with Crippen LogP contribution < -0.4 is 10.1 Å². The number of methoxy groups -OCH3 is 1. The lowest BCUT2D eigenvalue weighted by Crippen LogP contribution is -2.41. The molecular formula is C16H24BrNO. The van der Waals surface area contributed by atoms with Crippen molar-refractivity contribution in [3.8, 4) is 5.75 Å². The molecule has 1 N–H and O–H groups in total. The molecule has 19 heavy (non-hydrogen) atoms. The minimum atomic E-state index is 0.428. The molecule has 1 aromatic carbocycles. The summed E-state index contributed by atoms with van der Waals surface area (Å²) in [6.07, 6.45) is 6.45. The van der Waals surface area contributed by atoms with Crippen molar-refractivity contribution in [1.82, 2.24) is 5.32 Å². The summed E-state index contributed by atoms with van der Waals surface area (Å²) >= 11 is 3.66. The fourth-order valence-electron chi connectivity index (χ4n) is 3.28. The van der Waals surface area contributed by atoms with E-state index in [0.717, 1.165) is 12.2 Å². The van der Waals surface area contributed by atoms with Gasteiger partial charge in [-0.25, -0.2) is 0 Å². The van der Waals surface area contributed by atoms with Gasteiger partial charge in [0.1, 0.15) is 5.75 Å². The highest BCUT2D eigenvalue weighted by Crippen LogP contribution is 2.42. The molecule has 1 unspecified atom stereocenters. The summed E-state index contributed by atoms with van der Waals surface area (Å²) in [6, 6.07) is 6.75. The fourth-order valence-corrected chi connectivity index (χ4v) is 3.69. The topological polar surface area (TPSA) is 21.3 Å². The first kappa shape index (κ1) is 14.9. The van der Waals surface area contributed by atoms with Gasteiger partial charge >= 0.3 is 0 Å². The second-order valence-electron chi connectivity index (χ2n) is 5.86. The molecule has 3 heteroatoms. The van der Waals surface area contributed by atoms with Gasteiger partial charge in [-0.05, 0) is 55.5 Å². The van der Waals surface area contributed by atoms with Crippen molar-refractivity contribution in [1.29, 1.82) is 0 Å². The number of likely N-dealkylation sites (N-methyl/N-ethyl adjacent to an activating group) is 1. The normalized spacial score (nSPS) is 19.4. The van der Waals surface area contributed by atoms with E-state index in [1.807, 2.05) is 6.07 Å². The van der Waals surface area contributed by atoms with Gasteiger partial charge in [0.05, 0.1) is 7.11 Å². The Morgan fingerprint density at radius 2 is 2.05 bits per heavy atom. The lowest BCUT2D eigenvalue weighted by atomic mass is 9.78. The van der Waals surface area contributed by atoms with Gasteiger partial charge < -0.3 is 10.1 Å². The molecule has 0 amide bonds. The van der Waals surface area contributed by atoms with Crippen molar-refractivity contribution in [3.05, 3.63) is 28.2 Å². The van der Waals surface area contributed by atoms with E-state index in [-0.39, 0.29) is 0 Å². The molecule has 2 nitrogen and oxygen atoms in total. The van der Waals surface area contributed by atoms with Crippen LogP contribution >= 0.6 is 15.9 Å². The van der Waals surface area contributed by atoms with Gasteiger partial charge in [0, 0.05) is 10.5 Å². The molecule has 0 saturated heterocycles. The maximum atomic E-state index is 5.33. The molecule has 0 aliphatic heterocycles. The molecule has 0 bridgehead atoms. The molecule has 1 fully saturated rings. The number of benzene rings is 1. The van der Waals surface area contributed by atoms with E-state index in [1.54, 1.807) is 7.11 Å². The van der Waals surface area contributed by atoms with E-state index in [9.17, 15) is 0 Å². The van der Waals surface area contributed by atoms with Crippen LogP contribution in [0.2, 0.25) is 0 Å². The lowest BCUT2D eigenvalue weighted by Gasteiger charge is -2.34. The van der Waals surface area contributed by atoms with Crippen molar-refractivity contribution in [3.63, 3.8) is 0 Å². The molecule has 1 aromatic rings. The molecule has 0 aromatic heterocycles. The first-order valence-electron chi connectivity index (χ1n) is 7.09. The Morgan fingerprint density at radius 3 is 2.63 bits per heavy atom. The van der Waals surface area contributed by atoms with Crippen LogP contribution in [0.1, 0.15) is 38.2 Å². The van der Waals surface area contributed by atoms with E-state index in [4.69, 9.17) is 4.74 Å². The Hall–Kier alpha value is -0.540. The Kier molecular flexibility index (Phi) is 4.91. The van der Waals surface area contributed by atoms with E-state index >= 15 is 0 Å². The van der Waals surface area contributed by atoms with Gasteiger partial charge in [-0.15, -0.1) is 0 Å². The summed E-state index contributed by atoms with van der Waals surface area (Å²) < 4.78 is 6.51. The van der Waals surface area contributed by atoms with E-state index in [0.29, 0.717) is 11.5 Å². The zero-order chi connectivity index (χ0) is 13.9. The van der Waals surface area contributed by atoms with Crippen molar-refractivity contribution < 1.29 is 4.74 Å². The summed E-state index contributed by atoms with van der Waals surface area (Å²) in [5.41, 5.74) is 1.75. The molecule has 1 saturated carbocycles. The molecule has 0 spiro atoms. The highest BCUT2D eigenvalue weighted by Gasteiger charge is 2.36. The predicted molar refractivity (Wildman–Crippen MR) is 83.8 cm³/mol. The van der Waals surface area contributed by atoms with E-state index in [1.165, 1.54) is 35.7 Å². The van der Waals surface area contributed by atoms with Crippen LogP contribution in [-0.2, 0) is 6.42 Å². The zero-order valence-electron chi connectivity index (χ0n) is 12.1. The first-order chi connectivity index (χ1) is 9.09. The summed E-state index contributed by atoms with van der Waals surface area (Å²) in [6.45, 7) is 2.43. The van der Waals surface area contributed by atoms with Gasteiger partial charge in [0.25, 0.3) is 0 Å². The number of rotatable bonds is 5. The number of hydrogen-bond acceptors (Lipinski definition) is 2. The Labute approximate surface area is 125 Å².